The quantitative estimate of drug-likeness (QED) is 0.619. The van der Waals surface area contributed by atoms with Gasteiger partial charge in [-0.15, -0.1) is 0 Å². The first kappa shape index (κ1) is 12.0. The molecule has 1 atom stereocenters. The maximum Gasteiger partial charge on any atom is 0.115 e. The second kappa shape index (κ2) is 5.70. The van der Waals surface area contributed by atoms with Crippen LogP contribution in [0.2, 0.25) is 0 Å². The van der Waals surface area contributed by atoms with Crippen LogP contribution < -0.4 is 10.6 Å². The summed E-state index contributed by atoms with van der Waals surface area (Å²) in [6.45, 7) is 3.10. The van der Waals surface area contributed by atoms with Gasteiger partial charge in [-0.2, -0.15) is 0 Å². The molecule has 0 radical (unpaired) electrons. The van der Waals surface area contributed by atoms with Crippen LogP contribution in [-0.2, 0) is 0 Å². The van der Waals surface area contributed by atoms with E-state index in [0.29, 0.717) is 11.8 Å². The van der Waals surface area contributed by atoms with E-state index >= 15 is 0 Å². The van der Waals surface area contributed by atoms with E-state index in [1.807, 2.05) is 12.1 Å². The van der Waals surface area contributed by atoms with Crippen molar-refractivity contribution in [2.45, 2.75) is 12.5 Å². The molecule has 0 saturated carbocycles. The van der Waals surface area contributed by atoms with Gasteiger partial charge in [-0.1, -0.05) is 12.1 Å². The summed E-state index contributed by atoms with van der Waals surface area (Å²) >= 11 is 0. The molecule has 1 aliphatic heterocycles. The summed E-state index contributed by atoms with van der Waals surface area (Å²) in [5.41, 5.74) is 1.23. The second-order valence-corrected chi connectivity index (χ2v) is 3.66. The van der Waals surface area contributed by atoms with Gasteiger partial charge >= 0.3 is 0 Å². The molecule has 1 heterocycles. The van der Waals surface area contributed by atoms with E-state index in [2.05, 4.69) is 10.6 Å². The first-order valence-electron chi connectivity index (χ1n) is 5.09. The predicted octanol–water partition coefficient (Wildman–Crippen LogP) is 0.191. The SMILES string of the molecule is O.Oc1ccc(C2CNCCCN2)cc1. The smallest absolute Gasteiger partial charge is 0.115 e. The maximum absolute atomic E-state index is 9.17. The molecule has 0 aromatic heterocycles. The van der Waals surface area contributed by atoms with Crippen molar-refractivity contribution in [3.8, 4) is 5.75 Å². The number of nitrogens with one attached hydrogen (secondary N) is 2. The van der Waals surface area contributed by atoms with Gasteiger partial charge in [-0.3, -0.25) is 0 Å². The molecule has 1 aliphatic rings. The molecule has 0 spiro atoms. The van der Waals surface area contributed by atoms with Gasteiger partial charge in [0.1, 0.15) is 5.75 Å². The Labute approximate surface area is 89.6 Å². The second-order valence-electron chi connectivity index (χ2n) is 3.66. The van der Waals surface area contributed by atoms with Crippen LogP contribution in [0.3, 0.4) is 0 Å². The summed E-state index contributed by atoms with van der Waals surface area (Å²) in [5, 5.41) is 16.0. The molecule has 4 nitrogen and oxygen atoms in total. The van der Waals surface area contributed by atoms with Gasteiger partial charge < -0.3 is 21.2 Å². The van der Waals surface area contributed by atoms with Crippen molar-refractivity contribution in [2.75, 3.05) is 19.6 Å². The number of phenols is 1. The van der Waals surface area contributed by atoms with E-state index in [4.69, 9.17) is 0 Å². The van der Waals surface area contributed by atoms with Crippen LogP contribution in [0.1, 0.15) is 18.0 Å². The summed E-state index contributed by atoms with van der Waals surface area (Å²) < 4.78 is 0. The first-order chi connectivity index (χ1) is 6.86. The number of aromatic hydroxyl groups is 1. The standard InChI is InChI=1S/C11H16N2O.H2O/c14-10-4-2-9(3-5-10)11-8-12-6-1-7-13-11;/h2-5,11-14H,1,6-8H2;1H2. The molecule has 84 valence electrons. The molecule has 0 amide bonds. The molecule has 15 heavy (non-hydrogen) atoms. The van der Waals surface area contributed by atoms with Gasteiger partial charge in [0.05, 0.1) is 0 Å². The highest BCUT2D eigenvalue weighted by molar-refractivity contribution is 5.28. The highest BCUT2D eigenvalue weighted by Gasteiger charge is 2.12. The third-order valence-electron chi connectivity index (χ3n) is 2.56. The van der Waals surface area contributed by atoms with Crippen LogP contribution in [-0.4, -0.2) is 30.2 Å². The zero-order valence-corrected chi connectivity index (χ0v) is 8.66. The van der Waals surface area contributed by atoms with Crippen LogP contribution in [0, 0.1) is 0 Å². The average molecular weight is 210 g/mol. The van der Waals surface area contributed by atoms with Crippen LogP contribution in [0.25, 0.3) is 0 Å². The molecule has 0 aliphatic carbocycles. The van der Waals surface area contributed by atoms with Gasteiger partial charge in [-0.25, -0.2) is 0 Å². The summed E-state index contributed by atoms with van der Waals surface area (Å²) in [6, 6.07) is 7.79. The fraction of sp³-hybridized carbons (Fsp3) is 0.455. The van der Waals surface area contributed by atoms with Crippen molar-refractivity contribution < 1.29 is 10.6 Å². The normalized spacial score (nSPS) is 21.5. The number of rotatable bonds is 1. The van der Waals surface area contributed by atoms with Crippen molar-refractivity contribution in [3.05, 3.63) is 29.8 Å². The lowest BCUT2D eigenvalue weighted by atomic mass is 10.1. The molecule has 5 N–H and O–H groups in total. The molecule has 1 aromatic rings. The number of hydrogen-bond acceptors (Lipinski definition) is 3. The Balaban J connectivity index is 0.00000112. The van der Waals surface area contributed by atoms with E-state index in [1.54, 1.807) is 12.1 Å². The minimum atomic E-state index is 0. The highest BCUT2D eigenvalue weighted by Crippen LogP contribution is 2.17. The van der Waals surface area contributed by atoms with Gasteiger partial charge in [0.15, 0.2) is 0 Å². The van der Waals surface area contributed by atoms with Gasteiger partial charge in [-0.05, 0) is 37.2 Å². The van der Waals surface area contributed by atoms with Gasteiger partial charge in [0.2, 0.25) is 0 Å². The van der Waals surface area contributed by atoms with Crippen LogP contribution >= 0.6 is 0 Å². The zero-order chi connectivity index (χ0) is 9.80. The van der Waals surface area contributed by atoms with Crippen molar-refractivity contribution in [3.63, 3.8) is 0 Å². The van der Waals surface area contributed by atoms with Crippen molar-refractivity contribution in [2.24, 2.45) is 0 Å². The maximum atomic E-state index is 9.17. The van der Waals surface area contributed by atoms with E-state index in [-0.39, 0.29) is 5.48 Å². The summed E-state index contributed by atoms with van der Waals surface area (Å²) in [7, 11) is 0. The lowest BCUT2D eigenvalue weighted by Gasteiger charge is -2.15. The first-order valence-corrected chi connectivity index (χ1v) is 5.09. The Kier molecular flexibility index (Phi) is 4.55. The number of benzene rings is 1. The molecule has 0 bridgehead atoms. The molecule has 1 saturated heterocycles. The highest BCUT2D eigenvalue weighted by atomic mass is 16.3. The summed E-state index contributed by atoms with van der Waals surface area (Å²) in [4.78, 5) is 0. The van der Waals surface area contributed by atoms with E-state index in [0.717, 1.165) is 19.6 Å². The van der Waals surface area contributed by atoms with Crippen LogP contribution in [0.5, 0.6) is 5.75 Å². The Bertz CT molecular complexity index is 279. The average Bonchev–Trinajstić information content (AvgIpc) is 2.47. The van der Waals surface area contributed by atoms with Crippen LogP contribution in [0.15, 0.2) is 24.3 Å². The molecule has 1 aromatic carbocycles. The van der Waals surface area contributed by atoms with E-state index < -0.39 is 0 Å². The Morgan fingerprint density at radius 3 is 2.60 bits per heavy atom. The van der Waals surface area contributed by atoms with Gasteiger partial charge in [0, 0.05) is 12.6 Å². The van der Waals surface area contributed by atoms with Crippen molar-refractivity contribution in [1.29, 1.82) is 0 Å². The van der Waals surface area contributed by atoms with Crippen molar-refractivity contribution in [1.82, 2.24) is 10.6 Å². The third-order valence-corrected chi connectivity index (χ3v) is 2.56. The number of phenolic OH excluding ortho intramolecular Hbond substituents is 1. The molecule has 4 heteroatoms. The largest absolute Gasteiger partial charge is 0.508 e. The Morgan fingerprint density at radius 1 is 1.13 bits per heavy atom. The lowest BCUT2D eigenvalue weighted by Crippen LogP contribution is -2.27. The zero-order valence-electron chi connectivity index (χ0n) is 8.66. The predicted molar refractivity (Wildman–Crippen MR) is 60.0 cm³/mol. The minimum Gasteiger partial charge on any atom is -0.508 e. The Morgan fingerprint density at radius 2 is 1.87 bits per heavy atom. The third kappa shape index (κ3) is 3.20. The lowest BCUT2D eigenvalue weighted by molar-refractivity contribution is 0.474. The van der Waals surface area contributed by atoms with Crippen LogP contribution in [0.4, 0.5) is 0 Å². The molecule has 1 fully saturated rings. The fourth-order valence-corrected chi connectivity index (χ4v) is 1.75. The number of hydrogen-bond donors (Lipinski definition) is 3. The van der Waals surface area contributed by atoms with Gasteiger partial charge in [0.25, 0.3) is 0 Å². The van der Waals surface area contributed by atoms with E-state index in [9.17, 15) is 5.11 Å². The molecule has 2 rings (SSSR count). The molecular formula is C11H18N2O2. The topological polar surface area (TPSA) is 75.8 Å². The summed E-state index contributed by atoms with van der Waals surface area (Å²) in [5.74, 6) is 0.329. The fourth-order valence-electron chi connectivity index (χ4n) is 1.75. The molecule has 1 unspecified atom stereocenters. The van der Waals surface area contributed by atoms with Crippen molar-refractivity contribution >= 4 is 0 Å². The van der Waals surface area contributed by atoms with E-state index in [1.165, 1.54) is 12.0 Å². The molecular weight excluding hydrogens is 192 g/mol. The monoisotopic (exact) mass is 210 g/mol. The Hall–Kier alpha value is -1.10. The summed E-state index contributed by atoms with van der Waals surface area (Å²) in [6.07, 6.45) is 1.18. The minimum absolute atomic E-state index is 0.